The van der Waals surface area contributed by atoms with E-state index in [2.05, 4.69) is 4.74 Å². The fourth-order valence-electron chi connectivity index (χ4n) is 0.575. The molecular weight excluding hydrogens is 144 g/mol. The zero-order valence-electron chi connectivity index (χ0n) is 7.55. The van der Waals surface area contributed by atoms with Crippen LogP contribution in [0.2, 0.25) is 0 Å². The predicted molar refractivity (Wildman–Crippen MR) is 42.1 cm³/mol. The van der Waals surface area contributed by atoms with E-state index in [1.165, 1.54) is 0 Å². The van der Waals surface area contributed by atoms with Gasteiger partial charge in [0.1, 0.15) is 0 Å². The van der Waals surface area contributed by atoms with Crippen LogP contribution < -0.4 is 0 Å². The van der Waals surface area contributed by atoms with E-state index in [-0.39, 0.29) is 0 Å². The number of rotatable bonds is 2. The first-order valence-electron chi connectivity index (χ1n) is 3.74. The molecule has 0 rings (SSSR count). The smallest absolute Gasteiger partial charge is 0.335 e. The first-order chi connectivity index (χ1) is 4.89. The summed E-state index contributed by atoms with van der Waals surface area (Å²) in [6, 6.07) is 0. The van der Waals surface area contributed by atoms with E-state index in [0.717, 1.165) is 0 Å². The number of ether oxygens (including phenoxy) is 1. The van der Waals surface area contributed by atoms with Crippen LogP contribution in [-0.2, 0) is 9.53 Å². The minimum Gasteiger partial charge on any atom is -0.464 e. The van der Waals surface area contributed by atoms with Gasteiger partial charge in [-0.3, -0.25) is 0 Å². The van der Waals surface area contributed by atoms with Crippen molar-refractivity contribution in [3.8, 4) is 0 Å². The molecule has 0 bridgehead atoms. The molecule has 11 heavy (non-hydrogen) atoms. The van der Waals surface area contributed by atoms with Crippen LogP contribution in [0.5, 0.6) is 0 Å². The Morgan fingerprint density at radius 1 is 1.55 bits per heavy atom. The highest BCUT2D eigenvalue weighted by Gasteiger charge is 2.29. The van der Waals surface area contributed by atoms with Crippen LogP contribution in [0.25, 0.3) is 0 Å². The van der Waals surface area contributed by atoms with E-state index in [1.54, 1.807) is 27.7 Å². The summed E-state index contributed by atoms with van der Waals surface area (Å²) >= 11 is 0. The Hall–Kier alpha value is -0.570. The average Bonchev–Trinajstić information content (AvgIpc) is 1.85. The second kappa shape index (κ2) is 3.72. The Balaban J connectivity index is 4.03. The molecule has 0 radical (unpaired) electrons. The van der Waals surface area contributed by atoms with Crippen molar-refractivity contribution in [2.24, 2.45) is 5.41 Å². The summed E-state index contributed by atoms with van der Waals surface area (Å²) in [6.45, 7) is 7.39. The van der Waals surface area contributed by atoms with Crippen molar-refractivity contribution in [1.82, 2.24) is 0 Å². The molecule has 0 fully saturated rings. The van der Waals surface area contributed by atoms with Gasteiger partial charge in [-0.2, -0.15) is 0 Å². The van der Waals surface area contributed by atoms with Crippen molar-refractivity contribution >= 4 is 5.97 Å². The van der Waals surface area contributed by atoms with E-state index in [0.29, 0.717) is 6.61 Å². The maximum absolute atomic E-state index is 10.9. The van der Waals surface area contributed by atoms with Crippen LogP contribution >= 0.6 is 0 Å². The Labute approximate surface area is 67.4 Å². The summed E-state index contributed by atoms with van der Waals surface area (Å²) in [6.07, 6.45) is -1.03. The van der Waals surface area contributed by atoms with Gasteiger partial charge in [-0.25, -0.2) is 4.79 Å². The molecule has 0 aliphatic heterocycles. The summed E-state index contributed by atoms with van der Waals surface area (Å²) in [4.78, 5) is 10.9. The first kappa shape index (κ1) is 10.4. The molecule has 0 aromatic carbocycles. The monoisotopic (exact) mass is 160 g/mol. The molecule has 0 saturated carbocycles. The second-order valence-corrected chi connectivity index (χ2v) is 3.52. The van der Waals surface area contributed by atoms with Crippen LogP contribution in [0.15, 0.2) is 0 Å². The van der Waals surface area contributed by atoms with E-state index >= 15 is 0 Å². The predicted octanol–water partition coefficient (Wildman–Crippen LogP) is 0.956. The van der Waals surface area contributed by atoms with Crippen molar-refractivity contribution in [3.63, 3.8) is 0 Å². The molecule has 0 aliphatic rings. The third-order valence-electron chi connectivity index (χ3n) is 1.33. The Morgan fingerprint density at radius 2 is 2.00 bits per heavy atom. The van der Waals surface area contributed by atoms with Gasteiger partial charge in [0.2, 0.25) is 0 Å². The molecule has 3 heteroatoms. The topological polar surface area (TPSA) is 46.5 Å². The van der Waals surface area contributed by atoms with Crippen LogP contribution in [0.1, 0.15) is 27.7 Å². The van der Waals surface area contributed by atoms with Gasteiger partial charge in [0.15, 0.2) is 6.10 Å². The van der Waals surface area contributed by atoms with Crippen LogP contribution in [-0.4, -0.2) is 23.8 Å². The largest absolute Gasteiger partial charge is 0.464 e. The Kier molecular flexibility index (Phi) is 3.52. The number of carbonyl (C=O) groups excluding carboxylic acids is 1. The molecule has 1 atom stereocenters. The SMILES string of the molecule is CCOC(=O)[C@H](O)C(C)(C)C. The number of esters is 1. The Morgan fingerprint density at radius 3 is 2.27 bits per heavy atom. The van der Waals surface area contributed by atoms with E-state index in [9.17, 15) is 9.90 Å². The lowest BCUT2D eigenvalue weighted by molar-refractivity contribution is -0.158. The lowest BCUT2D eigenvalue weighted by atomic mass is 9.89. The number of hydrogen-bond acceptors (Lipinski definition) is 3. The summed E-state index contributed by atoms with van der Waals surface area (Å²) in [5, 5.41) is 9.31. The molecule has 0 amide bonds. The van der Waals surface area contributed by atoms with Crippen molar-refractivity contribution in [2.45, 2.75) is 33.8 Å². The van der Waals surface area contributed by atoms with Gasteiger partial charge in [0.25, 0.3) is 0 Å². The minimum atomic E-state index is -1.03. The molecular formula is C8H16O3. The van der Waals surface area contributed by atoms with Gasteiger partial charge in [-0.15, -0.1) is 0 Å². The third-order valence-corrected chi connectivity index (χ3v) is 1.33. The third kappa shape index (κ3) is 3.37. The van der Waals surface area contributed by atoms with E-state index in [1.807, 2.05) is 0 Å². The summed E-state index contributed by atoms with van der Waals surface area (Å²) in [5.74, 6) is -0.542. The van der Waals surface area contributed by atoms with Gasteiger partial charge < -0.3 is 9.84 Å². The minimum absolute atomic E-state index is 0.311. The van der Waals surface area contributed by atoms with E-state index < -0.39 is 17.5 Å². The number of hydrogen-bond donors (Lipinski definition) is 1. The molecule has 3 nitrogen and oxygen atoms in total. The van der Waals surface area contributed by atoms with Crippen molar-refractivity contribution in [2.75, 3.05) is 6.61 Å². The van der Waals surface area contributed by atoms with Gasteiger partial charge in [0, 0.05) is 0 Å². The van der Waals surface area contributed by atoms with Crippen LogP contribution in [0.4, 0.5) is 0 Å². The number of aliphatic hydroxyl groups is 1. The number of carbonyl (C=O) groups is 1. The second-order valence-electron chi connectivity index (χ2n) is 3.52. The van der Waals surface area contributed by atoms with Gasteiger partial charge in [-0.05, 0) is 12.3 Å². The maximum Gasteiger partial charge on any atom is 0.335 e. The highest BCUT2D eigenvalue weighted by molar-refractivity contribution is 5.75. The maximum atomic E-state index is 10.9. The van der Waals surface area contributed by atoms with Gasteiger partial charge >= 0.3 is 5.97 Å². The lowest BCUT2D eigenvalue weighted by Crippen LogP contribution is -2.35. The molecule has 0 unspecified atom stereocenters. The van der Waals surface area contributed by atoms with Crippen molar-refractivity contribution in [1.29, 1.82) is 0 Å². The van der Waals surface area contributed by atoms with Crippen LogP contribution in [0, 0.1) is 5.41 Å². The molecule has 0 heterocycles. The summed E-state index contributed by atoms with van der Waals surface area (Å²) in [5.41, 5.74) is -0.438. The zero-order chi connectivity index (χ0) is 9.07. The molecule has 66 valence electrons. The molecule has 0 aliphatic carbocycles. The fourth-order valence-corrected chi connectivity index (χ4v) is 0.575. The molecule has 0 saturated heterocycles. The number of aliphatic hydroxyl groups excluding tert-OH is 1. The average molecular weight is 160 g/mol. The van der Waals surface area contributed by atoms with Crippen molar-refractivity contribution in [3.05, 3.63) is 0 Å². The van der Waals surface area contributed by atoms with Gasteiger partial charge in [-0.1, -0.05) is 20.8 Å². The normalized spacial score (nSPS) is 14.3. The molecule has 0 aromatic heterocycles. The van der Waals surface area contributed by atoms with Crippen molar-refractivity contribution < 1.29 is 14.6 Å². The fraction of sp³-hybridized carbons (Fsp3) is 0.875. The molecule has 1 N–H and O–H groups in total. The standard InChI is InChI=1S/C8H16O3/c1-5-11-7(10)6(9)8(2,3)4/h6,9H,5H2,1-4H3/t6-/m0/s1. The van der Waals surface area contributed by atoms with Crippen LogP contribution in [0.3, 0.4) is 0 Å². The first-order valence-corrected chi connectivity index (χ1v) is 3.74. The highest BCUT2D eigenvalue weighted by atomic mass is 16.5. The summed E-state index contributed by atoms with van der Waals surface area (Å²) < 4.78 is 4.64. The van der Waals surface area contributed by atoms with E-state index in [4.69, 9.17) is 0 Å². The highest BCUT2D eigenvalue weighted by Crippen LogP contribution is 2.19. The molecule has 0 spiro atoms. The molecule has 0 aromatic rings. The zero-order valence-corrected chi connectivity index (χ0v) is 7.55. The quantitative estimate of drug-likeness (QED) is 0.612. The summed E-state index contributed by atoms with van der Waals surface area (Å²) in [7, 11) is 0. The Bertz CT molecular complexity index is 135. The lowest BCUT2D eigenvalue weighted by Gasteiger charge is -2.23. The van der Waals surface area contributed by atoms with Gasteiger partial charge in [0.05, 0.1) is 6.61 Å².